The Hall–Kier alpha value is -2.00. The van der Waals surface area contributed by atoms with E-state index in [0.29, 0.717) is 36.6 Å². The first-order valence-corrected chi connectivity index (χ1v) is 9.59. The van der Waals surface area contributed by atoms with Gasteiger partial charge in [0.2, 0.25) is 0 Å². The maximum Gasteiger partial charge on any atom is 0.433 e. The molecule has 2 aromatic heterocycles. The topological polar surface area (TPSA) is 46.0 Å². The van der Waals surface area contributed by atoms with Crippen molar-refractivity contribution in [3.05, 3.63) is 36.0 Å². The second-order valence-electron chi connectivity index (χ2n) is 7.42. The normalized spacial score (nSPS) is 23.6. The van der Waals surface area contributed by atoms with Gasteiger partial charge >= 0.3 is 6.18 Å². The Labute approximate surface area is 160 Å². The lowest BCUT2D eigenvalue weighted by molar-refractivity contribution is -0.141. The number of halogens is 4. The van der Waals surface area contributed by atoms with Crippen molar-refractivity contribution in [2.45, 2.75) is 37.7 Å². The molecule has 0 bridgehead atoms. The number of rotatable bonds is 5. The molecular formula is C19H23F4N5. The number of imidazole rings is 1. The van der Waals surface area contributed by atoms with Gasteiger partial charge in [-0.3, -0.25) is 4.98 Å². The van der Waals surface area contributed by atoms with E-state index in [0.717, 1.165) is 31.9 Å². The predicted molar refractivity (Wildman–Crippen MR) is 96.6 cm³/mol. The van der Waals surface area contributed by atoms with Gasteiger partial charge in [-0.2, -0.15) is 13.2 Å². The zero-order valence-electron chi connectivity index (χ0n) is 15.4. The number of aromatic nitrogens is 3. The minimum absolute atomic E-state index is 0.270. The van der Waals surface area contributed by atoms with E-state index >= 15 is 0 Å². The molecule has 5 nitrogen and oxygen atoms in total. The molecule has 4 heterocycles. The van der Waals surface area contributed by atoms with Gasteiger partial charge in [-0.1, -0.05) is 0 Å². The average molecular weight is 397 g/mol. The fraction of sp³-hybridized carbons (Fsp3) is 0.579. The second-order valence-corrected chi connectivity index (χ2v) is 7.42. The molecule has 4 rings (SSSR count). The SMILES string of the molecule is FC1CNCCC1c1nc(-c2ccnc(C(F)(F)F)c2)cn1CCN1CCC1. The van der Waals surface area contributed by atoms with Gasteiger partial charge in [0, 0.05) is 37.6 Å². The van der Waals surface area contributed by atoms with Crippen LogP contribution in [0.3, 0.4) is 0 Å². The average Bonchev–Trinajstić information content (AvgIpc) is 3.04. The molecule has 2 saturated heterocycles. The molecule has 0 aromatic carbocycles. The molecule has 28 heavy (non-hydrogen) atoms. The Morgan fingerprint density at radius 3 is 2.71 bits per heavy atom. The summed E-state index contributed by atoms with van der Waals surface area (Å²) in [4.78, 5) is 10.3. The highest BCUT2D eigenvalue weighted by Gasteiger charge is 2.33. The molecule has 152 valence electrons. The largest absolute Gasteiger partial charge is 0.433 e. The Bertz CT molecular complexity index is 815. The summed E-state index contributed by atoms with van der Waals surface area (Å²) in [5.74, 6) is 0.269. The number of piperidine rings is 1. The van der Waals surface area contributed by atoms with E-state index < -0.39 is 18.0 Å². The first-order valence-electron chi connectivity index (χ1n) is 9.59. The highest BCUT2D eigenvalue weighted by molar-refractivity contribution is 5.59. The van der Waals surface area contributed by atoms with Crippen LogP contribution in [0.25, 0.3) is 11.3 Å². The van der Waals surface area contributed by atoms with Crippen molar-refractivity contribution in [3.63, 3.8) is 0 Å². The third-order valence-electron chi connectivity index (χ3n) is 5.50. The molecule has 2 aromatic rings. The summed E-state index contributed by atoms with van der Waals surface area (Å²) in [6, 6.07) is 2.51. The molecule has 0 spiro atoms. The van der Waals surface area contributed by atoms with E-state index in [-0.39, 0.29) is 12.5 Å². The summed E-state index contributed by atoms with van der Waals surface area (Å²) in [6.07, 6.45) is -0.891. The maximum atomic E-state index is 14.5. The molecule has 9 heteroatoms. The summed E-state index contributed by atoms with van der Waals surface area (Å²) in [6.45, 7) is 4.55. The summed E-state index contributed by atoms with van der Waals surface area (Å²) in [5, 5.41) is 3.03. The molecule has 2 atom stereocenters. The van der Waals surface area contributed by atoms with Crippen LogP contribution in [0.2, 0.25) is 0 Å². The standard InChI is InChI=1S/C19H23F4N5/c20-15-11-24-4-3-14(15)18-26-16(12-28(18)9-8-27-6-1-7-27)13-2-5-25-17(10-13)19(21,22)23/h2,5,10,12,14-15,24H,1,3-4,6-9,11H2. The summed E-state index contributed by atoms with van der Waals surface area (Å²) >= 11 is 0. The van der Waals surface area contributed by atoms with Crippen molar-refractivity contribution in [2.75, 3.05) is 32.7 Å². The number of hydrogen-bond donors (Lipinski definition) is 1. The minimum Gasteiger partial charge on any atom is -0.333 e. The van der Waals surface area contributed by atoms with Crippen LogP contribution in [0.15, 0.2) is 24.5 Å². The maximum absolute atomic E-state index is 14.5. The molecule has 2 unspecified atom stereocenters. The van der Waals surface area contributed by atoms with Crippen molar-refractivity contribution >= 4 is 0 Å². The first kappa shape index (κ1) is 19.3. The smallest absolute Gasteiger partial charge is 0.333 e. The van der Waals surface area contributed by atoms with Gasteiger partial charge in [-0.25, -0.2) is 9.37 Å². The van der Waals surface area contributed by atoms with E-state index in [1.807, 2.05) is 4.57 Å². The van der Waals surface area contributed by atoms with E-state index in [4.69, 9.17) is 0 Å². The van der Waals surface area contributed by atoms with Crippen LogP contribution < -0.4 is 5.32 Å². The number of nitrogens with zero attached hydrogens (tertiary/aromatic N) is 4. The van der Waals surface area contributed by atoms with Crippen molar-refractivity contribution < 1.29 is 17.6 Å². The van der Waals surface area contributed by atoms with Gasteiger partial charge in [-0.15, -0.1) is 0 Å². The molecule has 1 N–H and O–H groups in total. The van der Waals surface area contributed by atoms with Crippen LogP contribution in [-0.4, -0.2) is 58.3 Å². The quantitative estimate of drug-likeness (QED) is 0.788. The third kappa shape index (κ3) is 4.05. The van der Waals surface area contributed by atoms with E-state index in [2.05, 4.69) is 20.2 Å². The summed E-state index contributed by atoms with van der Waals surface area (Å²) in [5.41, 5.74) is -0.181. The van der Waals surface area contributed by atoms with Gasteiger partial charge < -0.3 is 14.8 Å². The number of hydrogen-bond acceptors (Lipinski definition) is 4. The van der Waals surface area contributed by atoms with Crippen molar-refractivity contribution in [2.24, 2.45) is 0 Å². The molecular weight excluding hydrogens is 374 g/mol. The van der Waals surface area contributed by atoms with Crippen LogP contribution in [-0.2, 0) is 12.7 Å². The van der Waals surface area contributed by atoms with E-state index in [9.17, 15) is 17.6 Å². The van der Waals surface area contributed by atoms with Gasteiger partial charge in [0.15, 0.2) is 0 Å². The predicted octanol–water partition coefficient (Wildman–Crippen LogP) is 3.08. The van der Waals surface area contributed by atoms with Crippen LogP contribution in [0.5, 0.6) is 0 Å². The number of nitrogens with one attached hydrogen (secondary N) is 1. The van der Waals surface area contributed by atoms with E-state index in [1.165, 1.54) is 12.5 Å². The Kier molecular flexibility index (Phi) is 5.37. The van der Waals surface area contributed by atoms with Gasteiger partial charge in [0.05, 0.1) is 11.6 Å². The minimum atomic E-state index is -4.52. The third-order valence-corrected chi connectivity index (χ3v) is 5.50. The van der Waals surface area contributed by atoms with Crippen LogP contribution in [0.4, 0.5) is 17.6 Å². The van der Waals surface area contributed by atoms with Gasteiger partial charge in [0.1, 0.15) is 17.7 Å². The van der Waals surface area contributed by atoms with Crippen LogP contribution in [0.1, 0.15) is 30.3 Å². The molecule has 2 aliphatic rings. The molecule has 2 aliphatic heterocycles. The van der Waals surface area contributed by atoms with E-state index in [1.54, 1.807) is 6.20 Å². The lowest BCUT2D eigenvalue weighted by atomic mass is 9.95. The lowest BCUT2D eigenvalue weighted by Crippen LogP contribution is -2.40. The Morgan fingerprint density at radius 1 is 1.21 bits per heavy atom. The first-order chi connectivity index (χ1) is 13.4. The summed E-state index contributed by atoms with van der Waals surface area (Å²) < 4.78 is 55.5. The van der Waals surface area contributed by atoms with Crippen molar-refractivity contribution in [1.29, 1.82) is 0 Å². The number of pyridine rings is 1. The highest BCUT2D eigenvalue weighted by atomic mass is 19.4. The zero-order chi connectivity index (χ0) is 19.7. The van der Waals surface area contributed by atoms with Gasteiger partial charge in [0.25, 0.3) is 0 Å². The highest BCUT2D eigenvalue weighted by Crippen LogP contribution is 2.33. The molecule has 2 fully saturated rings. The molecule has 0 saturated carbocycles. The monoisotopic (exact) mass is 397 g/mol. The molecule has 0 aliphatic carbocycles. The van der Waals surface area contributed by atoms with Crippen molar-refractivity contribution in [1.82, 2.24) is 24.8 Å². The number of likely N-dealkylation sites (tertiary alicyclic amines) is 1. The fourth-order valence-electron chi connectivity index (χ4n) is 3.76. The molecule has 0 radical (unpaired) electrons. The van der Waals surface area contributed by atoms with Crippen molar-refractivity contribution in [3.8, 4) is 11.3 Å². The summed E-state index contributed by atoms with van der Waals surface area (Å²) in [7, 11) is 0. The lowest BCUT2D eigenvalue weighted by Gasteiger charge is -2.31. The fourth-order valence-corrected chi connectivity index (χ4v) is 3.76. The molecule has 0 amide bonds. The van der Waals surface area contributed by atoms with Crippen LogP contribution in [0, 0.1) is 0 Å². The number of alkyl halides is 4. The van der Waals surface area contributed by atoms with Crippen LogP contribution >= 0.6 is 0 Å². The second kappa shape index (κ2) is 7.79. The van der Waals surface area contributed by atoms with Gasteiger partial charge in [-0.05, 0) is 44.6 Å². The Morgan fingerprint density at radius 2 is 2.04 bits per heavy atom. The zero-order valence-corrected chi connectivity index (χ0v) is 15.4. The Balaban J connectivity index is 1.66.